The molecule has 2 aromatic carbocycles. The van der Waals surface area contributed by atoms with E-state index in [9.17, 15) is 9.59 Å². The van der Waals surface area contributed by atoms with Crippen LogP contribution in [0.4, 0.5) is 0 Å². The second-order valence-electron chi connectivity index (χ2n) is 5.65. The molecule has 0 heterocycles. The molecule has 0 aliphatic carbocycles. The molecule has 2 aromatic rings. The van der Waals surface area contributed by atoms with Crippen molar-refractivity contribution in [2.45, 2.75) is 33.4 Å². The Balaban J connectivity index is 1.74. The van der Waals surface area contributed by atoms with Gasteiger partial charge in [-0.3, -0.25) is 0 Å². The molecule has 0 saturated carbocycles. The SMILES string of the molecule is C=C(C)C(=O)OSc1ccc(SOSc2ccc(SOC(=O)C(=C)C)cc2)cc1. The average molecular weight is 467 g/mol. The molecule has 0 bridgehead atoms. The third-order valence-corrected chi connectivity index (χ3v) is 5.90. The molecule has 9 heteroatoms. The Labute approximate surface area is 187 Å². The normalized spacial score (nSPS) is 10.3. The van der Waals surface area contributed by atoms with Crippen LogP contribution in [0.5, 0.6) is 0 Å². The van der Waals surface area contributed by atoms with Crippen molar-refractivity contribution in [3.05, 3.63) is 72.8 Å². The van der Waals surface area contributed by atoms with E-state index in [1.54, 1.807) is 13.8 Å². The van der Waals surface area contributed by atoms with Gasteiger partial charge in [0.2, 0.25) is 0 Å². The van der Waals surface area contributed by atoms with Crippen LogP contribution in [-0.4, -0.2) is 11.9 Å². The lowest BCUT2D eigenvalue weighted by Gasteiger charge is -2.05. The van der Waals surface area contributed by atoms with E-state index >= 15 is 0 Å². The molecule has 2 rings (SSSR count). The second kappa shape index (κ2) is 12.0. The summed E-state index contributed by atoms with van der Waals surface area (Å²) in [6.45, 7) is 10.3. The molecule has 0 amide bonds. The van der Waals surface area contributed by atoms with Gasteiger partial charge in [0, 0.05) is 54.8 Å². The first-order valence-electron chi connectivity index (χ1n) is 8.15. The first-order chi connectivity index (χ1) is 13.8. The molecule has 0 spiro atoms. The van der Waals surface area contributed by atoms with Crippen LogP contribution in [0.25, 0.3) is 0 Å². The summed E-state index contributed by atoms with van der Waals surface area (Å²) in [5, 5.41) is 0. The Bertz CT molecular complexity index is 805. The van der Waals surface area contributed by atoms with Crippen LogP contribution >= 0.6 is 48.2 Å². The van der Waals surface area contributed by atoms with E-state index in [1.165, 1.54) is 24.1 Å². The summed E-state index contributed by atoms with van der Waals surface area (Å²) in [5.74, 6) is -0.877. The van der Waals surface area contributed by atoms with Crippen molar-refractivity contribution in [1.29, 1.82) is 0 Å². The summed E-state index contributed by atoms with van der Waals surface area (Å²) in [5.41, 5.74) is 0.712. The van der Waals surface area contributed by atoms with Gasteiger partial charge in [0.05, 0.1) is 24.1 Å². The maximum atomic E-state index is 11.4. The number of hydrogen-bond donors (Lipinski definition) is 0. The zero-order chi connectivity index (χ0) is 21.2. The Hall–Kier alpha value is -1.78. The maximum absolute atomic E-state index is 11.4. The minimum Gasteiger partial charge on any atom is -0.383 e. The van der Waals surface area contributed by atoms with Crippen molar-refractivity contribution in [3.8, 4) is 0 Å². The summed E-state index contributed by atoms with van der Waals surface area (Å²) >= 11 is 4.43. The van der Waals surface area contributed by atoms with Gasteiger partial charge in [0.1, 0.15) is 0 Å². The molecule has 0 fully saturated rings. The molecule has 0 saturated heterocycles. The highest BCUT2D eigenvalue weighted by Crippen LogP contribution is 2.32. The van der Waals surface area contributed by atoms with Gasteiger partial charge in [-0.2, -0.15) is 0 Å². The fourth-order valence-corrected chi connectivity index (χ4v) is 3.89. The minimum atomic E-state index is -0.438. The van der Waals surface area contributed by atoms with Crippen LogP contribution in [0.2, 0.25) is 0 Å². The van der Waals surface area contributed by atoms with Crippen LogP contribution in [0.15, 0.2) is 92.4 Å². The van der Waals surface area contributed by atoms with Crippen molar-refractivity contribution in [2.24, 2.45) is 0 Å². The first kappa shape index (κ1) is 23.5. The third kappa shape index (κ3) is 8.63. The predicted octanol–water partition coefficient (Wildman–Crippen LogP) is 6.67. The van der Waals surface area contributed by atoms with Crippen LogP contribution in [-0.2, 0) is 21.6 Å². The number of carbonyl (C=O) groups excluding carboxylic acids is 2. The molecule has 0 aromatic heterocycles. The number of hydrogen-bond acceptors (Lipinski definition) is 9. The zero-order valence-electron chi connectivity index (χ0n) is 15.7. The van der Waals surface area contributed by atoms with Crippen molar-refractivity contribution < 1.29 is 21.6 Å². The quantitative estimate of drug-likeness (QED) is 0.282. The molecule has 0 radical (unpaired) electrons. The number of rotatable bonds is 10. The number of benzene rings is 2. The minimum absolute atomic E-state index is 0.356. The molecule has 0 atom stereocenters. The highest BCUT2D eigenvalue weighted by Gasteiger charge is 2.07. The molecule has 5 nitrogen and oxygen atoms in total. The summed E-state index contributed by atoms with van der Waals surface area (Å²) in [7, 11) is 0. The average Bonchev–Trinajstić information content (AvgIpc) is 2.71. The highest BCUT2D eigenvalue weighted by atomic mass is 32.2. The highest BCUT2D eigenvalue weighted by molar-refractivity contribution is 8.08. The summed E-state index contributed by atoms with van der Waals surface area (Å²) in [6.07, 6.45) is 0. The van der Waals surface area contributed by atoms with E-state index in [0.29, 0.717) is 11.1 Å². The lowest BCUT2D eigenvalue weighted by molar-refractivity contribution is -0.129. The van der Waals surface area contributed by atoms with E-state index in [0.717, 1.165) is 43.7 Å². The van der Waals surface area contributed by atoms with Crippen LogP contribution in [0, 0.1) is 0 Å². The van der Waals surface area contributed by atoms with E-state index < -0.39 is 11.9 Å². The van der Waals surface area contributed by atoms with E-state index in [1.807, 2.05) is 48.5 Å². The summed E-state index contributed by atoms with van der Waals surface area (Å²) < 4.78 is 15.6. The van der Waals surface area contributed by atoms with Gasteiger partial charge in [-0.05, 0) is 62.4 Å². The first-order valence-corrected chi connectivity index (χ1v) is 11.1. The maximum Gasteiger partial charge on any atom is 0.345 e. The van der Waals surface area contributed by atoms with Gasteiger partial charge < -0.3 is 8.37 Å². The molecular weight excluding hydrogens is 448 g/mol. The third-order valence-electron chi connectivity index (χ3n) is 3.03. The molecule has 0 N–H and O–H groups in total. The Morgan fingerprint density at radius 2 is 0.897 bits per heavy atom. The fraction of sp³-hybridized carbons (Fsp3) is 0.100. The molecule has 152 valence electrons. The fourth-order valence-electron chi connectivity index (χ4n) is 1.51. The number of carbonyl (C=O) groups is 2. The smallest absolute Gasteiger partial charge is 0.345 e. The van der Waals surface area contributed by atoms with Gasteiger partial charge in [-0.25, -0.2) is 13.2 Å². The standard InChI is InChI=1S/C20H18O5S4/c1-13(2)19(21)23-26-15-5-9-17(10-6-15)28-25-29-18-11-7-16(8-12-18)27-24-20(22)14(3)4/h5-12H,1,3H2,2,4H3. The van der Waals surface area contributed by atoms with Crippen molar-refractivity contribution in [2.75, 3.05) is 0 Å². The predicted molar refractivity (Wildman–Crippen MR) is 119 cm³/mol. The van der Waals surface area contributed by atoms with Crippen LogP contribution < -0.4 is 0 Å². The van der Waals surface area contributed by atoms with Crippen molar-refractivity contribution in [1.82, 2.24) is 0 Å². The molecule has 29 heavy (non-hydrogen) atoms. The molecular formula is C20H18O5S4. The van der Waals surface area contributed by atoms with Crippen molar-refractivity contribution in [3.63, 3.8) is 0 Å². The lowest BCUT2D eigenvalue weighted by atomic mass is 10.4. The second-order valence-corrected chi connectivity index (χ2v) is 9.08. The zero-order valence-corrected chi connectivity index (χ0v) is 19.0. The lowest BCUT2D eigenvalue weighted by Crippen LogP contribution is -1.98. The summed E-state index contributed by atoms with van der Waals surface area (Å²) in [6, 6.07) is 14.8. The van der Waals surface area contributed by atoms with E-state index in [2.05, 4.69) is 13.2 Å². The molecule has 0 aliphatic rings. The van der Waals surface area contributed by atoms with E-state index in [4.69, 9.17) is 12.0 Å². The van der Waals surface area contributed by atoms with Crippen LogP contribution in [0.1, 0.15) is 13.8 Å². The van der Waals surface area contributed by atoms with Gasteiger partial charge in [0.15, 0.2) is 0 Å². The van der Waals surface area contributed by atoms with Gasteiger partial charge in [0.25, 0.3) is 0 Å². The van der Waals surface area contributed by atoms with Crippen LogP contribution in [0.3, 0.4) is 0 Å². The van der Waals surface area contributed by atoms with Crippen molar-refractivity contribution >= 4 is 60.1 Å². The Kier molecular flexibility index (Phi) is 9.75. The molecule has 0 aliphatic heterocycles. The summed E-state index contributed by atoms with van der Waals surface area (Å²) in [4.78, 5) is 26.2. The van der Waals surface area contributed by atoms with Gasteiger partial charge >= 0.3 is 11.9 Å². The van der Waals surface area contributed by atoms with E-state index in [-0.39, 0.29) is 0 Å². The molecule has 0 unspecified atom stereocenters. The Morgan fingerprint density at radius 1 is 0.621 bits per heavy atom. The largest absolute Gasteiger partial charge is 0.383 e. The van der Waals surface area contributed by atoms with Gasteiger partial charge in [-0.1, -0.05) is 13.2 Å². The van der Waals surface area contributed by atoms with Gasteiger partial charge in [-0.15, -0.1) is 0 Å². The Morgan fingerprint density at radius 3 is 1.17 bits per heavy atom. The topological polar surface area (TPSA) is 61.8 Å². The monoisotopic (exact) mass is 466 g/mol.